The van der Waals surface area contributed by atoms with Gasteiger partial charge in [-0.05, 0) is 24.4 Å². The lowest BCUT2D eigenvalue weighted by Gasteiger charge is -2.23. The molecule has 2 unspecified atom stereocenters. The first-order valence-corrected chi connectivity index (χ1v) is 6.05. The molecular weight excluding hydrogens is 182 g/mol. The van der Waals surface area contributed by atoms with Gasteiger partial charge in [0.15, 0.2) is 0 Å². The summed E-state index contributed by atoms with van der Waals surface area (Å²) < 4.78 is 0. The van der Waals surface area contributed by atoms with E-state index in [0.717, 1.165) is 18.9 Å². The third kappa shape index (κ3) is 4.05. The lowest BCUT2D eigenvalue weighted by Crippen LogP contribution is -2.36. The van der Waals surface area contributed by atoms with Crippen molar-refractivity contribution in [2.45, 2.75) is 39.7 Å². The highest BCUT2D eigenvalue weighted by Gasteiger charge is 2.14. The van der Waals surface area contributed by atoms with Gasteiger partial charge in [-0.1, -0.05) is 57.5 Å². The zero-order valence-electron chi connectivity index (χ0n) is 10.2. The van der Waals surface area contributed by atoms with E-state index in [0.29, 0.717) is 6.04 Å². The molecule has 0 aromatic heterocycles. The van der Waals surface area contributed by atoms with Gasteiger partial charge in [-0.2, -0.15) is 0 Å². The van der Waals surface area contributed by atoms with Crippen LogP contribution < -0.4 is 5.32 Å². The summed E-state index contributed by atoms with van der Waals surface area (Å²) in [5.41, 5.74) is 1.43. The minimum atomic E-state index is 0.613. The van der Waals surface area contributed by atoms with E-state index >= 15 is 0 Å². The van der Waals surface area contributed by atoms with E-state index in [1.807, 2.05) is 0 Å². The molecule has 15 heavy (non-hydrogen) atoms. The summed E-state index contributed by atoms with van der Waals surface area (Å²) >= 11 is 0. The van der Waals surface area contributed by atoms with Crippen LogP contribution in [0.15, 0.2) is 30.3 Å². The van der Waals surface area contributed by atoms with E-state index in [2.05, 4.69) is 56.4 Å². The van der Waals surface area contributed by atoms with Crippen molar-refractivity contribution >= 4 is 0 Å². The van der Waals surface area contributed by atoms with Crippen LogP contribution in [0.3, 0.4) is 0 Å². The van der Waals surface area contributed by atoms with Crippen molar-refractivity contribution in [2.24, 2.45) is 5.92 Å². The highest BCUT2D eigenvalue weighted by molar-refractivity contribution is 5.16. The van der Waals surface area contributed by atoms with Crippen LogP contribution in [0.1, 0.15) is 32.8 Å². The number of hydrogen-bond acceptors (Lipinski definition) is 1. The zero-order chi connectivity index (χ0) is 11.1. The minimum absolute atomic E-state index is 0.613. The van der Waals surface area contributed by atoms with Crippen LogP contribution in [0.4, 0.5) is 0 Å². The molecule has 1 heteroatoms. The summed E-state index contributed by atoms with van der Waals surface area (Å²) in [6, 6.07) is 11.4. The highest BCUT2D eigenvalue weighted by Crippen LogP contribution is 2.13. The smallest absolute Gasteiger partial charge is 0.0133 e. The van der Waals surface area contributed by atoms with E-state index in [1.165, 1.54) is 12.0 Å². The van der Waals surface area contributed by atoms with Crippen LogP contribution in [0, 0.1) is 5.92 Å². The van der Waals surface area contributed by atoms with Crippen molar-refractivity contribution in [3.8, 4) is 0 Å². The van der Waals surface area contributed by atoms with Gasteiger partial charge in [-0.3, -0.25) is 0 Å². The van der Waals surface area contributed by atoms with Crippen LogP contribution in [-0.4, -0.2) is 12.6 Å². The molecule has 1 N–H and O–H groups in total. The monoisotopic (exact) mass is 205 g/mol. The number of nitrogens with one attached hydrogen (secondary N) is 1. The fourth-order valence-electron chi connectivity index (χ4n) is 1.89. The SMILES string of the molecule is CCNC(Cc1ccccc1)C(C)CC. The maximum atomic E-state index is 3.58. The van der Waals surface area contributed by atoms with Crippen LogP contribution in [0.25, 0.3) is 0 Å². The Morgan fingerprint density at radius 3 is 2.33 bits per heavy atom. The Kier molecular flexibility index (Phi) is 5.41. The summed E-state index contributed by atoms with van der Waals surface area (Å²) in [7, 11) is 0. The van der Waals surface area contributed by atoms with E-state index in [1.54, 1.807) is 0 Å². The third-order valence-corrected chi connectivity index (χ3v) is 3.10. The normalized spacial score (nSPS) is 14.9. The molecule has 0 amide bonds. The molecule has 1 rings (SSSR count). The quantitative estimate of drug-likeness (QED) is 0.751. The molecule has 0 aliphatic rings. The predicted octanol–water partition coefficient (Wildman–Crippen LogP) is 3.25. The molecule has 2 atom stereocenters. The predicted molar refractivity (Wildman–Crippen MR) is 67.1 cm³/mol. The standard InChI is InChI=1S/C14H23N/c1-4-12(3)14(15-5-2)11-13-9-7-6-8-10-13/h6-10,12,14-15H,4-5,11H2,1-3H3. The van der Waals surface area contributed by atoms with Gasteiger partial charge < -0.3 is 5.32 Å². The van der Waals surface area contributed by atoms with Crippen molar-refractivity contribution in [2.75, 3.05) is 6.54 Å². The molecule has 0 saturated carbocycles. The average Bonchev–Trinajstić information content (AvgIpc) is 2.29. The van der Waals surface area contributed by atoms with Gasteiger partial charge in [0.1, 0.15) is 0 Å². The molecule has 1 aromatic rings. The van der Waals surface area contributed by atoms with Crippen LogP contribution >= 0.6 is 0 Å². The first-order valence-electron chi connectivity index (χ1n) is 6.05. The largest absolute Gasteiger partial charge is 0.314 e. The van der Waals surface area contributed by atoms with Crippen molar-refractivity contribution in [1.82, 2.24) is 5.32 Å². The molecule has 1 nitrogen and oxygen atoms in total. The third-order valence-electron chi connectivity index (χ3n) is 3.10. The highest BCUT2D eigenvalue weighted by atomic mass is 14.9. The second-order valence-corrected chi connectivity index (χ2v) is 4.24. The van der Waals surface area contributed by atoms with Gasteiger partial charge >= 0.3 is 0 Å². The molecule has 0 radical (unpaired) electrons. The lowest BCUT2D eigenvalue weighted by molar-refractivity contribution is 0.371. The summed E-state index contributed by atoms with van der Waals surface area (Å²) in [5.74, 6) is 0.741. The van der Waals surface area contributed by atoms with E-state index < -0.39 is 0 Å². The maximum Gasteiger partial charge on any atom is 0.0133 e. The van der Waals surface area contributed by atoms with Gasteiger partial charge in [0.25, 0.3) is 0 Å². The average molecular weight is 205 g/mol. The molecule has 0 bridgehead atoms. The Balaban J connectivity index is 2.58. The summed E-state index contributed by atoms with van der Waals surface area (Å²) in [4.78, 5) is 0. The fraction of sp³-hybridized carbons (Fsp3) is 0.571. The number of benzene rings is 1. The Morgan fingerprint density at radius 1 is 1.13 bits per heavy atom. The molecule has 1 aromatic carbocycles. The van der Waals surface area contributed by atoms with E-state index in [4.69, 9.17) is 0 Å². The van der Waals surface area contributed by atoms with Crippen LogP contribution in [0.2, 0.25) is 0 Å². The summed E-state index contributed by atoms with van der Waals surface area (Å²) in [6.45, 7) is 7.83. The summed E-state index contributed by atoms with van der Waals surface area (Å²) in [6.07, 6.45) is 2.38. The van der Waals surface area contributed by atoms with E-state index in [-0.39, 0.29) is 0 Å². The molecule has 84 valence electrons. The van der Waals surface area contributed by atoms with Gasteiger partial charge in [0, 0.05) is 6.04 Å². The van der Waals surface area contributed by atoms with Gasteiger partial charge in [-0.15, -0.1) is 0 Å². The Bertz CT molecular complexity index is 255. The number of hydrogen-bond donors (Lipinski definition) is 1. The van der Waals surface area contributed by atoms with Crippen molar-refractivity contribution in [3.63, 3.8) is 0 Å². The van der Waals surface area contributed by atoms with Crippen LogP contribution in [-0.2, 0) is 6.42 Å². The van der Waals surface area contributed by atoms with Gasteiger partial charge in [0.05, 0.1) is 0 Å². The molecule has 0 aliphatic heterocycles. The van der Waals surface area contributed by atoms with Crippen molar-refractivity contribution in [1.29, 1.82) is 0 Å². The molecule has 0 heterocycles. The molecule has 0 aliphatic carbocycles. The second-order valence-electron chi connectivity index (χ2n) is 4.24. The van der Waals surface area contributed by atoms with Crippen molar-refractivity contribution < 1.29 is 0 Å². The fourth-order valence-corrected chi connectivity index (χ4v) is 1.89. The Hall–Kier alpha value is -0.820. The number of rotatable bonds is 6. The maximum absolute atomic E-state index is 3.58. The van der Waals surface area contributed by atoms with Gasteiger partial charge in [0.2, 0.25) is 0 Å². The molecular formula is C14H23N. The zero-order valence-corrected chi connectivity index (χ0v) is 10.2. The lowest BCUT2D eigenvalue weighted by atomic mass is 9.93. The topological polar surface area (TPSA) is 12.0 Å². The summed E-state index contributed by atoms with van der Waals surface area (Å²) in [5, 5.41) is 3.58. The number of likely N-dealkylation sites (N-methyl/N-ethyl adjacent to an activating group) is 1. The van der Waals surface area contributed by atoms with E-state index in [9.17, 15) is 0 Å². The molecule has 0 spiro atoms. The molecule has 0 fully saturated rings. The minimum Gasteiger partial charge on any atom is -0.314 e. The Labute approximate surface area is 93.9 Å². The first kappa shape index (κ1) is 12.3. The second kappa shape index (κ2) is 6.62. The molecule has 0 saturated heterocycles. The van der Waals surface area contributed by atoms with Gasteiger partial charge in [-0.25, -0.2) is 0 Å². The van der Waals surface area contributed by atoms with Crippen LogP contribution in [0.5, 0.6) is 0 Å². The Morgan fingerprint density at radius 2 is 1.80 bits per heavy atom. The van der Waals surface area contributed by atoms with Crippen molar-refractivity contribution in [3.05, 3.63) is 35.9 Å². The first-order chi connectivity index (χ1) is 7.27.